The number of benzene rings is 1. The van der Waals surface area contributed by atoms with Crippen molar-refractivity contribution in [2.75, 3.05) is 19.0 Å². The minimum absolute atomic E-state index is 0.336. The van der Waals surface area contributed by atoms with Gasteiger partial charge in [0.2, 0.25) is 0 Å². The monoisotopic (exact) mass is 255 g/mol. The number of pyridine rings is 1. The van der Waals surface area contributed by atoms with E-state index in [1.165, 1.54) is 11.3 Å². The average Bonchev–Trinajstić information content (AvgIpc) is 2.47. The number of rotatable bonds is 5. The second-order valence-corrected chi connectivity index (χ2v) is 4.75. The number of anilines is 1. The smallest absolute Gasteiger partial charge is 0.0598 e. The molecule has 0 aliphatic carbocycles. The highest BCUT2D eigenvalue weighted by molar-refractivity contribution is 5.54. The number of hydrogen-bond acceptors (Lipinski definition) is 3. The van der Waals surface area contributed by atoms with E-state index in [1.54, 1.807) is 0 Å². The predicted molar refractivity (Wildman–Crippen MR) is 80.3 cm³/mol. The molecule has 1 N–H and O–H groups in total. The van der Waals surface area contributed by atoms with Gasteiger partial charge in [-0.3, -0.25) is 4.98 Å². The summed E-state index contributed by atoms with van der Waals surface area (Å²) in [5, 5.41) is 3.30. The summed E-state index contributed by atoms with van der Waals surface area (Å²) in [6.45, 7) is 2.99. The summed E-state index contributed by atoms with van der Waals surface area (Å²) in [4.78, 5) is 6.62. The van der Waals surface area contributed by atoms with Gasteiger partial charge in [-0.2, -0.15) is 0 Å². The first-order valence-corrected chi connectivity index (χ1v) is 6.59. The van der Waals surface area contributed by atoms with Crippen LogP contribution < -0.4 is 10.2 Å². The Balaban J connectivity index is 2.21. The Hall–Kier alpha value is -1.87. The molecular weight excluding hydrogens is 234 g/mol. The van der Waals surface area contributed by atoms with E-state index in [2.05, 4.69) is 59.5 Å². The van der Waals surface area contributed by atoms with Crippen molar-refractivity contribution in [2.45, 2.75) is 19.5 Å². The SMILES string of the molecule is CNC(C)c1ccccc1N(C)Cc1ccccn1. The van der Waals surface area contributed by atoms with Gasteiger partial charge in [0, 0.05) is 25.0 Å². The van der Waals surface area contributed by atoms with Gasteiger partial charge in [-0.05, 0) is 37.7 Å². The number of nitrogens with one attached hydrogen (secondary N) is 1. The quantitative estimate of drug-likeness (QED) is 0.890. The van der Waals surface area contributed by atoms with E-state index in [-0.39, 0.29) is 0 Å². The molecule has 0 fully saturated rings. The maximum atomic E-state index is 4.38. The summed E-state index contributed by atoms with van der Waals surface area (Å²) < 4.78 is 0. The highest BCUT2D eigenvalue weighted by Gasteiger charge is 2.11. The molecular formula is C16H21N3. The minimum Gasteiger partial charge on any atom is -0.368 e. The van der Waals surface area contributed by atoms with Gasteiger partial charge in [0.25, 0.3) is 0 Å². The molecule has 0 radical (unpaired) electrons. The van der Waals surface area contributed by atoms with E-state index in [1.807, 2.05) is 25.4 Å². The predicted octanol–water partition coefficient (Wildman–Crippen LogP) is 3.00. The van der Waals surface area contributed by atoms with Gasteiger partial charge in [0.05, 0.1) is 12.2 Å². The average molecular weight is 255 g/mol. The van der Waals surface area contributed by atoms with Crippen molar-refractivity contribution < 1.29 is 0 Å². The summed E-state index contributed by atoms with van der Waals surface area (Å²) in [7, 11) is 4.09. The Morgan fingerprint density at radius 2 is 1.89 bits per heavy atom. The van der Waals surface area contributed by atoms with Crippen molar-refractivity contribution in [3.05, 3.63) is 59.9 Å². The first-order valence-electron chi connectivity index (χ1n) is 6.59. The molecule has 3 nitrogen and oxygen atoms in total. The van der Waals surface area contributed by atoms with Crippen LogP contribution in [0.15, 0.2) is 48.7 Å². The highest BCUT2D eigenvalue weighted by atomic mass is 15.1. The van der Waals surface area contributed by atoms with E-state index in [0.29, 0.717) is 6.04 Å². The number of para-hydroxylation sites is 1. The topological polar surface area (TPSA) is 28.2 Å². The van der Waals surface area contributed by atoms with E-state index < -0.39 is 0 Å². The zero-order valence-corrected chi connectivity index (χ0v) is 11.8. The second-order valence-electron chi connectivity index (χ2n) is 4.75. The molecule has 1 aromatic carbocycles. The molecule has 0 amide bonds. The Morgan fingerprint density at radius 1 is 1.16 bits per heavy atom. The second kappa shape index (κ2) is 6.34. The third-order valence-corrected chi connectivity index (χ3v) is 3.37. The van der Waals surface area contributed by atoms with Crippen LogP contribution in [0.5, 0.6) is 0 Å². The lowest BCUT2D eigenvalue weighted by atomic mass is 10.1. The van der Waals surface area contributed by atoms with Crippen LogP contribution in [-0.2, 0) is 6.54 Å². The van der Waals surface area contributed by atoms with Gasteiger partial charge < -0.3 is 10.2 Å². The lowest BCUT2D eigenvalue weighted by molar-refractivity contribution is 0.649. The molecule has 0 spiro atoms. The van der Waals surface area contributed by atoms with Crippen LogP contribution in [-0.4, -0.2) is 19.1 Å². The van der Waals surface area contributed by atoms with Crippen LogP contribution in [0.1, 0.15) is 24.2 Å². The Bertz CT molecular complexity index is 510. The van der Waals surface area contributed by atoms with Gasteiger partial charge >= 0.3 is 0 Å². The standard InChI is InChI=1S/C16H21N3/c1-13(17-2)15-9-4-5-10-16(15)19(3)12-14-8-6-7-11-18-14/h4-11,13,17H,12H2,1-3H3. The summed E-state index contributed by atoms with van der Waals surface area (Å²) in [5.41, 5.74) is 3.63. The minimum atomic E-state index is 0.336. The normalized spacial score (nSPS) is 12.2. The van der Waals surface area contributed by atoms with Crippen LogP contribution in [0.2, 0.25) is 0 Å². The van der Waals surface area contributed by atoms with Crippen molar-refractivity contribution in [3.8, 4) is 0 Å². The Kier molecular flexibility index (Phi) is 4.53. The molecule has 1 heterocycles. The first-order chi connectivity index (χ1) is 9.22. The van der Waals surface area contributed by atoms with Crippen molar-refractivity contribution in [3.63, 3.8) is 0 Å². The number of hydrogen-bond donors (Lipinski definition) is 1. The fourth-order valence-electron chi connectivity index (χ4n) is 2.18. The highest BCUT2D eigenvalue weighted by Crippen LogP contribution is 2.25. The van der Waals surface area contributed by atoms with Crippen LogP contribution in [0, 0.1) is 0 Å². The molecule has 1 atom stereocenters. The van der Waals surface area contributed by atoms with E-state index in [0.717, 1.165) is 12.2 Å². The van der Waals surface area contributed by atoms with Crippen LogP contribution in [0.3, 0.4) is 0 Å². The van der Waals surface area contributed by atoms with Crippen molar-refractivity contribution >= 4 is 5.69 Å². The van der Waals surface area contributed by atoms with Crippen molar-refractivity contribution in [2.24, 2.45) is 0 Å². The lowest BCUT2D eigenvalue weighted by Gasteiger charge is -2.24. The Morgan fingerprint density at radius 3 is 2.58 bits per heavy atom. The van der Waals surface area contributed by atoms with Crippen LogP contribution >= 0.6 is 0 Å². The van der Waals surface area contributed by atoms with Gasteiger partial charge in [0.15, 0.2) is 0 Å². The van der Waals surface area contributed by atoms with Gasteiger partial charge in [0.1, 0.15) is 0 Å². The molecule has 0 bridgehead atoms. The molecule has 0 saturated carbocycles. The van der Waals surface area contributed by atoms with Crippen molar-refractivity contribution in [1.29, 1.82) is 0 Å². The number of aromatic nitrogens is 1. The summed E-state index contributed by atoms with van der Waals surface area (Å²) in [5.74, 6) is 0. The molecule has 2 aromatic rings. The van der Waals surface area contributed by atoms with Crippen LogP contribution in [0.4, 0.5) is 5.69 Å². The first kappa shape index (κ1) is 13.6. The third-order valence-electron chi connectivity index (χ3n) is 3.37. The van der Waals surface area contributed by atoms with Gasteiger partial charge in [-0.15, -0.1) is 0 Å². The maximum absolute atomic E-state index is 4.38. The number of nitrogens with zero attached hydrogens (tertiary/aromatic N) is 2. The largest absolute Gasteiger partial charge is 0.368 e. The Labute approximate surface area is 115 Å². The molecule has 19 heavy (non-hydrogen) atoms. The molecule has 1 aromatic heterocycles. The third kappa shape index (κ3) is 3.32. The fraction of sp³-hybridized carbons (Fsp3) is 0.312. The molecule has 2 rings (SSSR count). The van der Waals surface area contributed by atoms with Gasteiger partial charge in [-0.25, -0.2) is 0 Å². The van der Waals surface area contributed by atoms with Crippen LogP contribution in [0.25, 0.3) is 0 Å². The maximum Gasteiger partial charge on any atom is 0.0598 e. The zero-order chi connectivity index (χ0) is 13.7. The molecule has 100 valence electrons. The molecule has 3 heteroatoms. The molecule has 0 aliphatic heterocycles. The fourth-order valence-corrected chi connectivity index (χ4v) is 2.18. The lowest BCUT2D eigenvalue weighted by Crippen LogP contribution is -2.21. The summed E-state index contributed by atoms with van der Waals surface area (Å²) in [6.07, 6.45) is 1.84. The van der Waals surface area contributed by atoms with Gasteiger partial charge in [-0.1, -0.05) is 24.3 Å². The zero-order valence-electron chi connectivity index (χ0n) is 11.8. The summed E-state index contributed by atoms with van der Waals surface area (Å²) >= 11 is 0. The van der Waals surface area contributed by atoms with E-state index >= 15 is 0 Å². The van der Waals surface area contributed by atoms with E-state index in [9.17, 15) is 0 Å². The van der Waals surface area contributed by atoms with Crippen molar-refractivity contribution in [1.82, 2.24) is 10.3 Å². The van der Waals surface area contributed by atoms with E-state index in [4.69, 9.17) is 0 Å². The summed E-state index contributed by atoms with van der Waals surface area (Å²) in [6, 6.07) is 14.9. The molecule has 1 unspecified atom stereocenters. The molecule has 0 saturated heterocycles. The molecule has 0 aliphatic rings.